The van der Waals surface area contributed by atoms with Gasteiger partial charge in [-0.25, -0.2) is 0 Å². The molecule has 0 saturated heterocycles. The molecule has 0 spiro atoms. The van der Waals surface area contributed by atoms with Gasteiger partial charge in [-0.15, -0.1) is 0 Å². The summed E-state index contributed by atoms with van der Waals surface area (Å²) in [7, 11) is 0. The van der Waals surface area contributed by atoms with Gasteiger partial charge in [0, 0.05) is 19.4 Å². The molecule has 3 atom stereocenters. The molecule has 8 nitrogen and oxygen atoms in total. The SMILES string of the molecule is Cc1cc(O)cc(C)c1C[C@H](N)C(=O)N1Cc2ccccc2C[C@@H]1C(=O)N[C@@H](Cc1ccccc1)C(N)=O. The third-order valence-electron chi connectivity index (χ3n) is 7.20. The first-order chi connectivity index (χ1) is 18.1. The molecule has 6 N–H and O–H groups in total. The smallest absolute Gasteiger partial charge is 0.243 e. The van der Waals surface area contributed by atoms with Crippen LogP contribution >= 0.6 is 0 Å². The number of hydrogen-bond donors (Lipinski definition) is 4. The van der Waals surface area contributed by atoms with Crippen LogP contribution in [0.1, 0.15) is 33.4 Å². The zero-order valence-electron chi connectivity index (χ0n) is 21.7. The molecule has 1 heterocycles. The highest BCUT2D eigenvalue weighted by atomic mass is 16.3. The lowest BCUT2D eigenvalue weighted by Gasteiger charge is -2.38. The highest BCUT2D eigenvalue weighted by Crippen LogP contribution is 2.26. The first-order valence-electron chi connectivity index (χ1n) is 12.7. The molecule has 8 heteroatoms. The predicted molar refractivity (Wildman–Crippen MR) is 145 cm³/mol. The monoisotopic (exact) mass is 514 g/mol. The van der Waals surface area contributed by atoms with E-state index in [4.69, 9.17) is 11.5 Å². The lowest BCUT2D eigenvalue weighted by atomic mass is 9.91. The summed E-state index contributed by atoms with van der Waals surface area (Å²) < 4.78 is 0. The number of carbonyl (C=O) groups is 3. The Morgan fingerprint density at radius 3 is 2.21 bits per heavy atom. The Labute approximate surface area is 222 Å². The Balaban J connectivity index is 1.57. The molecule has 198 valence electrons. The van der Waals surface area contributed by atoms with Crippen molar-refractivity contribution in [3.63, 3.8) is 0 Å². The molecule has 0 aliphatic carbocycles. The minimum Gasteiger partial charge on any atom is -0.508 e. The molecule has 3 aromatic carbocycles. The zero-order valence-corrected chi connectivity index (χ0v) is 21.7. The molecular weight excluding hydrogens is 480 g/mol. The highest BCUT2D eigenvalue weighted by Gasteiger charge is 2.37. The van der Waals surface area contributed by atoms with Crippen LogP contribution < -0.4 is 16.8 Å². The van der Waals surface area contributed by atoms with Gasteiger partial charge >= 0.3 is 0 Å². The summed E-state index contributed by atoms with van der Waals surface area (Å²) in [6, 6.07) is 17.6. The first-order valence-corrected chi connectivity index (χ1v) is 12.7. The fourth-order valence-electron chi connectivity index (χ4n) is 5.14. The molecule has 1 aliphatic heterocycles. The number of benzene rings is 3. The normalized spacial score (nSPS) is 16.3. The molecule has 38 heavy (non-hydrogen) atoms. The molecule has 0 unspecified atom stereocenters. The van der Waals surface area contributed by atoms with E-state index < -0.39 is 29.9 Å². The van der Waals surface area contributed by atoms with Crippen molar-refractivity contribution in [1.82, 2.24) is 10.2 Å². The van der Waals surface area contributed by atoms with Gasteiger partial charge in [0.1, 0.15) is 17.8 Å². The van der Waals surface area contributed by atoms with Crippen LogP contribution in [0.25, 0.3) is 0 Å². The van der Waals surface area contributed by atoms with Crippen LogP contribution in [0.5, 0.6) is 5.75 Å². The largest absolute Gasteiger partial charge is 0.508 e. The number of nitrogens with one attached hydrogen (secondary N) is 1. The van der Waals surface area contributed by atoms with Gasteiger partial charge in [-0.3, -0.25) is 14.4 Å². The second kappa shape index (κ2) is 11.5. The van der Waals surface area contributed by atoms with E-state index in [0.29, 0.717) is 6.42 Å². The molecule has 0 fully saturated rings. The van der Waals surface area contributed by atoms with Crippen molar-refractivity contribution in [2.24, 2.45) is 11.5 Å². The van der Waals surface area contributed by atoms with E-state index in [1.807, 2.05) is 68.4 Å². The van der Waals surface area contributed by atoms with Gasteiger partial charge in [-0.05, 0) is 65.8 Å². The van der Waals surface area contributed by atoms with Crippen molar-refractivity contribution in [1.29, 1.82) is 0 Å². The average Bonchev–Trinajstić information content (AvgIpc) is 2.89. The average molecular weight is 515 g/mol. The number of primary amides is 1. The third-order valence-corrected chi connectivity index (χ3v) is 7.20. The van der Waals surface area contributed by atoms with Gasteiger partial charge in [-0.1, -0.05) is 54.6 Å². The van der Waals surface area contributed by atoms with Crippen LogP contribution in [-0.4, -0.2) is 45.9 Å². The number of phenols is 1. The molecule has 0 aromatic heterocycles. The number of aromatic hydroxyl groups is 1. The Kier molecular flexibility index (Phi) is 8.12. The summed E-state index contributed by atoms with van der Waals surface area (Å²) in [6.45, 7) is 3.96. The third kappa shape index (κ3) is 6.03. The number of rotatable bonds is 8. The van der Waals surface area contributed by atoms with Gasteiger partial charge < -0.3 is 26.8 Å². The van der Waals surface area contributed by atoms with Gasteiger partial charge in [0.25, 0.3) is 0 Å². The minimum atomic E-state index is -0.921. The van der Waals surface area contributed by atoms with Crippen LogP contribution in [0.3, 0.4) is 0 Å². The standard InChI is InChI=1S/C30H34N4O4/c1-18-12-23(35)13-19(2)24(18)16-25(31)30(38)34-17-22-11-7-6-10-21(22)15-27(34)29(37)33-26(28(32)36)14-20-8-4-3-5-9-20/h3-13,25-27,35H,14-17,31H2,1-2H3,(H2,32,36)(H,33,37)/t25-,26-,27+/m0/s1. The maximum atomic E-state index is 13.7. The van der Waals surface area contributed by atoms with Crippen molar-refractivity contribution in [3.05, 3.63) is 100 Å². The van der Waals surface area contributed by atoms with Crippen LogP contribution in [0.15, 0.2) is 66.7 Å². The van der Waals surface area contributed by atoms with Crippen molar-refractivity contribution < 1.29 is 19.5 Å². The maximum Gasteiger partial charge on any atom is 0.243 e. The fraction of sp³-hybridized carbons (Fsp3) is 0.300. The number of hydrogen-bond acceptors (Lipinski definition) is 5. The molecule has 3 aromatic rings. The van der Waals surface area contributed by atoms with E-state index in [0.717, 1.165) is 33.4 Å². The van der Waals surface area contributed by atoms with E-state index in [-0.39, 0.29) is 31.0 Å². The second-order valence-corrected chi connectivity index (χ2v) is 9.98. The van der Waals surface area contributed by atoms with E-state index in [1.54, 1.807) is 12.1 Å². The van der Waals surface area contributed by atoms with Crippen LogP contribution in [-0.2, 0) is 40.2 Å². The number of carbonyl (C=O) groups excluding carboxylic acids is 3. The predicted octanol–water partition coefficient (Wildman–Crippen LogP) is 2.05. The molecule has 1 aliphatic rings. The molecule has 0 radical (unpaired) electrons. The van der Waals surface area contributed by atoms with E-state index in [1.165, 1.54) is 4.90 Å². The number of aryl methyl sites for hydroxylation is 2. The lowest BCUT2D eigenvalue weighted by molar-refractivity contribution is -0.143. The Morgan fingerprint density at radius 2 is 1.58 bits per heavy atom. The van der Waals surface area contributed by atoms with Crippen LogP contribution in [0.4, 0.5) is 0 Å². The molecule has 4 rings (SSSR count). The highest BCUT2D eigenvalue weighted by molar-refractivity contribution is 5.93. The maximum absolute atomic E-state index is 13.7. The topological polar surface area (TPSA) is 139 Å². The Bertz CT molecular complexity index is 1320. The quantitative estimate of drug-likeness (QED) is 0.364. The van der Waals surface area contributed by atoms with Crippen LogP contribution in [0, 0.1) is 13.8 Å². The summed E-state index contributed by atoms with van der Waals surface area (Å²) in [5.74, 6) is -1.29. The van der Waals surface area contributed by atoms with E-state index in [2.05, 4.69) is 5.32 Å². The molecule has 0 bridgehead atoms. The summed E-state index contributed by atoms with van der Waals surface area (Å²) >= 11 is 0. The molecular formula is C30H34N4O4. The fourth-order valence-corrected chi connectivity index (χ4v) is 5.14. The molecule has 0 saturated carbocycles. The number of amides is 3. The Hall–Kier alpha value is -4.17. The first kappa shape index (κ1) is 26.9. The van der Waals surface area contributed by atoms with E-state index in [9.17, 15) is 19.5 Å². The van der Waals surface area contributed by atoms with Gasteiger partial charge in [-0.2, -0.15) is 0 Å². The van der Waals surface area contributed by atoms with Crippen molar-refractivity contribution in [3.8, 4) is 5.75 Å². The molecule has 3 amide bonds. The van der Waals surface area contributed by atoms with Gasteiger partial charge in [0.05, 0.1) is 6.04 Å². The summed E-state index contributed by atoms with van der Waals surface area (Å²) in [5, 5.41) is 12.7. The van der Waals surface area contributed by atoms with E-state index >= 15 is 0 Å². The van der Waals surface area contributed by atoms with Crippen molar-refractivity contribution >= 4 is 17.7 Å². The van der Waals surface area contributed by atoms with Gasteiger partial charge in [0.15, 0.2) is 0 Å². The number of nitrogens with zero attached hydrogens (tertiary/aromatic N) is 1. The van der Waals surface area contributed by atoms with Gasteiger partial charge in [0.2, 0.25) is 17.7 Å². The lowest BCUT2D eigenvalue weighted by Crippen LogP contribution is -2.59. The summed E-state index contributed by atoms with van der Waals surface area (Å²) in [6.07, 6.45) is 0.813. The summed E-state index contributed by atoms with van der Waals surface area (Å²) in [4.78, 5) is 41.0. The Morgan fingerprint density at radius 1 is 0.974 bits per heavy atom. The minimum absolute atomic E-state index is 0.160. The van der Waals surface area contributed by atoms with Crippen molar-refractivity contribution in [2.75, 3.05) is 0 Å². The number of nitrogens with two attached hydrogens (primary N) is 2. The summed E-state index contributed by atoms with van der Waals surface area (Å²) in [5.41, 5.74) is 17.4. The number of phenolic OH excluding ortho intramolecular Hbond substituents is 1. The van der Waals surface area contributed by atoms with Crippen LogP contribution in [0.2, 0.25) is 0 Å². The van der Waals surface area contributed by atoms with Crippen molar-refractivity contribution in [2.45, 2.75) is 57.8 Å². The second-order valence-electron chi connectivity index (χ2n) is 9.98. The zero-order chi connectivity index (χ0) is 27.4. The number of fused-ring (bicyclic) bond motifs is 1.